The highest BCUT2D eigenvalue weighted by Crippen LogP contribution is 2.32. The van der Waals surface area contributed by atoms with Crippen molar-refractivity contribution in [3.63, 3.8) is 0 Å². The average molecular weight is 278 g/mol. The van der Waals surface area contributed by atoms with Crippen LogP contribution in [-0.4, -0.2) is 28.4 Å². The van der Waals surface area contributed by atoms with Crippen molar-refractivity contribution >= 4 is 5.97 Å². The summed E-state index contributed by atoms with van der Waals surface area (Å²) in [5.41, 5.74) is 0.355. The molecular weight excluding hydrogens is 256 g/mol. The molecular formula is C16H22O4. The Morgan fingerprint density at radius 1 is 1.30 bits per heavy atom. The lowest BCUT2D eigenvalue weighted by molar-refractivity contribution is -0.145. The molecule has 0 aliphatic heterocycles. The highest BCUT2D eigenvalue weighted by Gasteiger charge is 2.36. The van der Waals surface area contributed by atoms with Crippen LogP contribution in [0.15, 0.2) is 24.3 Å². The summed E-state index contributed by atoms with van der Waals surface area (Å²) in [6, 6.07) is 7.84. The van der Waals surface area contributed by atoms with Crippen molar-refractivity contribution in [2.75, 3.05) is 6.61 Å². The third-order valence-corrected chi connectivity index (χ3v) is 4.10. The SMILES string of the molecule is CCc1ccc(OCC2(O)CCC(C(=O)O)CC2)cc1. The van der Waals surface area contributed by atoms with Gasteiger partial charge in [-0.15, -0.1) is 0 Å². The number of ether oxygens (including phenoxy) is 1. The van der Waals surface area contributed by atoms with Crippen molar-refractivity contribution in [1.82, 2.24) is 0 Å². The van der Waals surface area contributed by atoms with E-state index in [1.807, 2.05) is 24.3 Å². The van der Waals surface area contributed by atoms with Crippen LogP contribution in [-0.2, 0) is 11.2 Å². The maximum absolute atomic E-state index is 10.9. The zero-order valence-electron chi connectivity index (χ0n) is 11.8. The fourth-order valence-electron chi connectivity index (χ4n) is 2.59. The molecule has 4 heteroatoms. The molecule has 0 atom stereocenters. The van der Waals surface area contributed by atoms with Crippen molar-refractivity contribution in [2.24, 2.45) is 5.92 Å². The summed E-state index contributed by atoms with van der Waals surface area (Å²) < 4.78 is 5.65. The van der Waals surface area contributed by atoms with Crippen LogP contribution in [0.25, 0.3) is 0 Å². The lowest BCUT2D eigenvalue weighted by Gasteiger charge is -2.34. The predicted octanol–water partition coefficient (Wildman–Crippen LogP) is 2.63. The Balaban J connectivity index is 1.85. The van der Waals surface area contributed by atoms with E-state index in [0.717, 1.165) is 12.2 Å². The first-order valence-electron chi connectivity index (χ1n) is 7.19. The Kier molecular flexibility index (Phi) is 4.65. The van der Waals surface area contributed by atoms with Gasteiger partial charge < -0.3 is 14.9 Å². The zero-order chi connectivity index (χ0) is 14.6. The monoisotopic (exact) mass is 278 g/mol. The zero-order valence-corrected chi connectivity index (χ0v) is 11.8. The van der Waals surface area contributed by atoms with E-state index in [0.29, 0.717) is 25.7 Å². The van der Waals surface area contributed by atoms with Crippen molar-refractivity contribution in [1.29, 1.82) is 0 Å². The van der Waals surface area contributed by atoms with Crippen molar-refractivity contribution in [3.05, 3.63) is 29.8 Å². The van der Waals surface area contributed by atoms with Crippen LogP contribution < -0.4 is 4.74 Å². The molecule has 0 saturated heterocycles. The van der Waals surface area contributed by atoms with Gasteiger partial charge in [0, 0.05) is 0 Å². The van der Waals surface area contributed by atoms with E-state index in [2.05, 4.69) is 6.92 Å². The van der Waals surface area contributed by atoms with Gasteiger partial charge in [0.05, 0.1) is 11.5 Å². The summed E-state index contributed by atoms with van der Waals surface area (Å²) in [7, 11) is 0. The van der Waals surface area contributed by atoms with Crippen LogP contribution in [0.2, 0.25) is 0 Å². The first-order valence-corrected chi connectivity index (χ1v) is 7.19. The average Bonchev–Trinajstić information content (AvgIpc) is 2.46. The summed E-state index contributed by atoms with van der Waals surface area (Å²) >= 11 is 0. The third kappa shape index (κ3) is 3.73. The smallest absolute Gasteiger partial charge is 0.306 e. The second-order valence-corrected chi connectivity index (χ2v) is 5.62. The normalized spacial score (nSPS) is 26.2. The number of aryl methyl sites for hydroxylation is 1. The Labute approximate surface area is 119 Å². The summed E-state index contributed by atoms with van der Waals surface area (Å²) in [5, 5.41) is 19.4. The molecule has 0 aromatic heterocycles. The fourth-order valence-corrected chi connectivity index (χ4v) is 2.59. The summed E-state index contributed by atoms with van der Waals surface area (Å²) in [6.07, 6.45) is 2.99. The number of carboxylic acid groups (broad SMARTS) is 1. The molecule has 110 valence electrons. The molecule has 2 rings (SSSR count). The Bertz CT molecular complexity index is 444. The van der Waals surface area contributed by atoms with Gasteiger partial charge in [-0.1, -0.05) is 19.1 Å². The summed E-state index contributed by atoms with van der Waals surface area (Å²) in [4.78, 5) is 10.9. The molecule has 1 aromatic rings. The molecule has 1 aliphatic rings. The predicted molar refractivity (Wildman–Crippen MR) is 75.9 cm³/mol. The molecule has 0 radical (unpaired) electrons. The van der Waals surface area contributed by atoms with Crippen LogP contribution in [0.1, 0.15) is 38.2 Å². The molecule has 1 fully saturated rings. The van der Waals surface area contributed by atoms with E-state index >= 15 is 0 Å². The largest absolute Gasteiger partial charge is 0.491 e. The minimum absolute atomic E-state index is 0.227. The van der Waals surface area contributed by atoms with Crippen molar-refractivity contribution in [3.8, 4) is 5.75 Å². The maximum atomic E-state index is 10.9. The van der Waals surface area contributed by atoms with Gasteiger partial charge in [0.1, 0.15) is 12.4 Å². The number of hydrogen-bond acceptors (Lipinski definition) is 3. The number of benzene rings is 1. The second-order valence-electron chi connectivity index (χ2n) is 5.62. The number of rotatable bonds is 5. The Morgan fingerprint density at radius 2 is 1.90 bits per heavy atom. The maximum Gasteiger partial charge on any atom is 0.306 e. The van der Waals surface area contributed by atoms with E-state index in [1.54, 1.807) is 0 Å². The van der Waals surface area contributed by atoms with E-state index in [9.17, 15) is 9.90 Å². The molecule has 1 aromatic carbocycles. The quantitative estimate of drug-likeness (QED) is 0.869. The minimum atomic E-state index is -0.893. The summed E-state index contributed by atoms with van der Waals surface area (Å²) in [5.74, 6) is -0.335. The molecule has 2 N–H and O–H groups in total. The lowest BCUT2D eigenvalue weighted by atomic mass is 9.79. The lowest BCUT2D eigenvalue weighted by Crippen LogP contribution is -2.41. The van der Waals surface area contributed by atoms with Gasteiger partial charge in [0.2, 0.25) is 0 Å². The van der Waals surface area contributed by atoms with Gasteiger partial charge in [0.15, 0.2) is 0 Å². The molecule has 0 spiro atoms. The standard InChI is InChI=1S/C16H22O4/c1-2-12-3-5-14(6-4-12)20-11-16(19)9-7-13(8-10-16)15(17)18/h3-6,13,19H,2,7-11H2,1H3,(H,17,18). The van der Waals surface area contributed by atoms with Crippen LogP contribution in [0.4, 0.5) is 0 Å². The fraction of sp³-hybridized carbons (Fsp3) is 0.562. The molecule has 20 heavy (non-hydrogen) atoms. The number of carboxylic acids is 1. The van der Waals surface area contributed by atoms with Crippen LogP contribution in [0, 0.1) is 5.92 Å². The topological polar surface area (TPSA) is 66.8 Å². The first-order chi connectivity index (χ1) is 9.52. The highest BCUT2D eigenvalue weighted by molar-refractivity contribution is 5.70. The van der Waals surface area contributed by atoms with Gasteiger partial charge in [-0.3, -0.25) is 4.79 Å². The molecule has 0 bridgehead atoms. The van der Waals surface area contributed by atoms with E-state index in [4.69, 9.17) is 9.84 Å². The minimum Gasteiger partial charge on any atom is -0.491 e. The van der Waals surface area contributed by atoms with Gasteiger partial charge >= 0.3 is 5.97 Å². The molecule has 0 unspecified atom stereocenters. The molecule has 1 aliphatic carbocycles. The molecule has 0 heterocycles. The van der Waals surface area contributed by atoms with Crippen LogP contribution >= 0.6 is 0 Å². The highest BCUT2D eigenvalue weighted by atomic mass is 16.5. The van der Waals surface area contributed by atoms with Gasteiger partial charge in [-0.2, -0.15) is 0 Å². The number of hydrogen-bond donors (Lipinski definition) is 2. The molecule has 0 amide bonds. The van der Waals surface area contributed by atoms with Gasteiger partial charge in [-0.05, 0) is 49.8 Å². The Hall–Kier alpha value is -1.55. The van der Waals surface area contributed by atoms with Crippen molar-refractivity contribution < 1.29 is 19.7 Å². The van der Waals surface area contributed by atoms with Crippen molar-refractivity contribution in [2.45, 2.75) is 44.6 Å². The Morgan fingerprint density at radius 3 is 2.40 bits per heavy atom. The van der Waals surface area contributed by atoms with E-state index < -0.39 is 11.6 Å². The van der Waals surface area contributed by atoms with Crippen LogP contribution in [0.3, 0.4) is 0 Å². The molecule has 4 nitrogen and oxygen atoms in total. The van der Waals surface area contributed by atoms with Gasteiger partial charge in [-0.25, -0.2) is 0 Å². The number of aliphatic carboxylic acids is 1. The first kappa shape index (κ1) is 14.9. The second kappa shape index (κ2) is 6.27. The number of aliphatic hydroxyl groups is 1. The molecule has 1 saturated carbocycles. The summed E-state index contributed by atoms with van der Waals surface area (Å²) in [6.45, 7) is 2.32. The van der Waals surface area contributed by atoms with E-state index in [1.165, 1.54) is 5.56 Å². The third-order valence-electron chi connectivity index (χ3n) is 4.10. The van der Waals surface area contributed by atoms with E-state index in [-0.39, 0.29) is 12.5 Å². The van der Waals surface area contributed by atoms with Gasteiger partial charge in [0.25, 0.3) is 0 Å². The number of carbonyl (C=O) groups is 1. The van der Waals surface area contributed by atoms with Crippen LogP contribution in [0.5, 0.6) is 5.75 Å².